The fraction of sp³-hybridized carbons (Fsp3) is 0.500. The highest BCUT2D eigenvalue weighted by Gasteiger charge is 2.41. The Bertz CT molecular complexity index is 881. The molecule has 4 nitrogen and oxygen atoms in total. The Morgan fingerprint density at radius 3 is 2.38 bits per heavy atom. The number of benzene rings is 2. The summed E-state index contributed by atoms with van der Waals surface area (Å²) in [5, 5.41) is 22.1. The first-order valence-corrected chi connectivity index (χ1v) is 12.1. The predicted octanol–water partition coefficient (Wildman–Crippen LogP) is 5.42. The minimum Gasteiger partial charge on any atom is -0.508 e. The third-order valence-corrected chi connectivity index (χ3v) is 9.01. The van der Waals surface area contributed by atoms with Gasteiger partial charge < -0.3 is 14.7 Å². The van der Waals surface area contributed by atoms with Gasteiger partial charge in [-0.15, -0.1) is 0 Å². The van der Waals surface area contributed by atoms with Crippen molar-refractivity contribution in [1.29, 1.82) is 0 Å². The van der Waals surface area contributed by atoms with Crippen LogP contribution in [-0.2, 0) is 9.09 Å². The lowest BCUT2D eigenvalue weighted by Crippen LogP contribution is -2.36. The Morgan fingerprint density at radius 2 is 1.76 bits per heavy atom. The molecule has 5 heteroatoms. The second-order valence-electron chi connectivity index (χ2n) is 8.89. The summed E-state index contributed by atoms with van der Waals surface area (Å²) in [5.74, 6) is 1.19. The molecule has 0 unspecified atom stereocenters. The van der Waals surface area contributed by atoms with E-state index in [1.54, 1.807) is 26.0 Å². The quantitative estimate of drug-likeness (QED) is 0.504. The zero-order valence-electron chi connectivity index (χ0n) is 18.1. The van der Waals surface area contributed by atoms with Gasteiger partial charge in [0.1, 0.15) is 11.5 Å². The highest BCUT2D eigenvalue weighted by atomic mass is 31.2. The van der Waals surface area contributed by atoms with Crippen molar-refractivity contribution in [2.45, 2.75) is 60.0 Å². The Hall–Kier alpha value is -1.77. The summed E-state index contributed by atoms with van der Waals surface area (Å²) >= 11 is 0. The van der Waals surface area contributed by atoms with Gasteiger partial charge in [0.25, 0.3) is 7.37 Å². The maximum Gasteiger partial charge on any atom is 0.265 e. The summed E-state index contributed by atoms with van der Waals surface area (Å²) in [6.45, 7) is 9.97. The first-order valence-electron chi connectivity index (χ1n) is 10.5. The van der Waals surface area contributed by atoms with Gasteiger partial charge in [0.05, 0.1) is 11.4 Å². The maximum absolute atomic E-state index is 14.6. The topological polar surface area (TPSA) is 66.8 Å². The number of rotatable bonds is 5. The average molecular weight is 416 g/mol. The third-order valence-electron chi connectivity index (χ3n) is 6.33. The molecule has 0 heterocycles. The largest absolute Gasteiger partial charge is 0.508 e. The van der Waals surface area contributed by atoms with E-state index in [-0.39, 0.29) is 22.9 Å². The van der Waals surface area contributed by atoms with E-state index in [0.717, 1.165) is 19.3 Å². The molecule has 0 bridgehead atoms. The molecular weight excluding hydrogens is 383 g/mol. The van der Waals surface area contributed by atoms with Gasteiger partial charge in [0.15, 0.2) is 0 Å². The lowest BCUT2D eigenvalue weighted by Gasteiger charge is -2.39. The number of aryl methyl sites for hydroxylation is 1. The van der Waals surface area contributed by atoms with Crippen molar-refractivity contribution in [3.63, 3.8) is 0 Å². The van der Waals surface area contributed by atoms with Crippen LogP contribution in [0.5, 0.6) is 11.5 Å². The first kappa shape index (κ1) is 21.9. The Morgan fingerprint density at radius 1 is 1.10 bits per heavy atom. The Kier molecular flexibility index (Phi) is 6.45. The smallest absolute Gasteiger partial charge is 0.265 e. The van der Waals surface area contributed by atoms with Crippen LogP contribution in [0.2, 0.25) is 0 Å². The minimum atomic E-state index is -3.64. The van der Waals surface area contributed by atoms with Crippen LogP contribution in [0.15, 0.2) is 36.4 Å². The molecule has 3 rings (SSSR count). The molecule has 158 valence electrons. The van der Waals surface area contributed by atoms with Crippen LogP contribution in [0, 0.1) is 31.6 Å². The van der Waals surface area contributed by atoms with E-state index >= 15 is 0 Å². The molecule has 2 aromatic carbocycles. The molecule has 1 aliphatic carbocycles. The predicted molar refractivity (Wildman–Crippen MR) is 119 cm³/mol. The van der Waals surface area contributed by atoms with Gasteiger partial charge in [-0.25, -0.2) is 0 Å². The van der Waals surface area contributed by atoms with E-state index in [1.807, 2.05) is 18.2 Å². The standard InChI is InChI=1S/C24H33O4P/c1-15(2)20-12-11-16(3)13-22(20)28-29(27,19-9-7-6-8-10-19)24-18(5)21(25)14-17(4)23(24)26/h6-10,14-16,20,22,25-26H,11-13H2,1-5H3/t16-,20+,22-,29+/m1/s1. The van der Waals surface area contributed by atoms with Gasteiger partial charge in [0, 0.05) is 10.9 Å². The molecule has 0 aromatic heterocycles. The number of hydrogen-bond acceptors (Lipinski definition) is 4. The lowest BCUT2D eigenvalue weighted by atomic mass is 9.75. The highest BCUT2D eigenvalue weighted by Crippen LogP contribution is 2.53. The van der Waals surface area contributed by atoms with E-state index in [4.69, 9.17) is 4.52 Å². The van der Waals surface area contributed by atoms with E-state index in [1.165, 1.54) is 6.07 Å². The molecule has 0 spiro atoms. The molecule has 0 radical (unpaired) electrons. The van der Waals surface area contributed by atoms with E-state index < -0.39 is 7.37 Å². The van der Waals surface area contributed by atoms with Crippen molar-refractivity contribution < 1.29 is 19.3 Å². The van der Waals surface area contributed by atoms with E-state index in [0.29, 0.717) is 34.2 Å². The molecular formula is C24H33O4P. The molecule has 29 heavy (non-hydrogen) atoms. The zero-order valence-corrected chi connectivity index (χ0v) is 18.9. The SMILES string of the molecule is Cc1cc(O)c(C)c([P@@](=O)(O[C@@H]2C[C@H](C)CC[C@H]2C(C)C)c2ccccc2)c1O. The fourth-order valence-electron chi connectivity index (χ4n) is 4.52. The maximum atomic E-state index is 14.6. The number of phenols is 2. The van der Waals surface area contributed by atoms with E-state index in [9.17, 15) is 14.8 Å². The normalized spacial score (nSPS) is 24.4. The fourth-order valence-corrected chi connectivity index (χ4v) is 7.21. The van der Waals surface area contributed by atoms with Gasteiger partial charge in [-0.1, -0.05) is 45.4 Å². The van der Waals surface area contributed by atoms with Crippen molar-refractivity contribution in [2.75, 3.05) is 0 Å². The Balaban J connectivity index is 2.18. The van der Waals surface area contributed by atoms with Gasteiger partial charge >= 0.3 is 0 Å². The first-order chi connectivity index (χ1) is 13.6. The monoisotopic (exact) mass is 416 g/mol. The average Bonchev–Trinajstić information content (AvgIpc) is 2.67. The molecule has 0 saturated heterocycles. The molecule has 0 aliphatic heterocycles. The summed E-state index contributed by atoms with van der Waals surface area (Å²) in [6.07, 6.45) is 2.87. The van der Waals surface area contributed by atoms with Crippen molar-refractivity contribution in [2.24, 2.45) is 17.8 Å². The molecule has 0 amide bonds. The van der Waals surface area contributed by atoms with Crippen LogP contribution >= 0.6 is 7.37 Å². The van der Waals surface area contributed by atoms with Gasteiger partial charge in [-0.05, 0) is 68.2 Å². The van der Waals surface area contributed by atoms with Crippen molar-refractivity contribution in [1.82, 2.24) is 0 Å². The van der Waals surface area contributed by atoms with Crippen LogP contribution < -0.4 is 10.6 Å². The second kappa shape index (κ2) is 8.53. The van der Waals surface area contributed by atoms with Crippen molar-refractivity contribution in [3.8, 4) is 11.5 Å². The summed E-state index contributed by atoms with van der Waals surface area (Å²) < 4.78 is 21.2. The zero-order chi connectivity index (χ0) is 21.3. The van der Waals surface area contributed by atoms with Gasteiger partial charge in [-0.3, -0.25) is 4.57 Å². The molecule has 2 aromatic rings. The number of hydrogen-bond donors (Lipinski definition) is 2. The van der Waals surface area contributed by atoms with Crippen LogP contribution in [0.25, 0.3) is 0 Å². The summed E-state index contributed by atoms with van der Waals surface area (Å²) in [6, 6.07) is 10.6. The third kappa shape index (κ3) is 4.25. The molecule has 1 aliphatic rings. The van der Waals surface area contributed by atoms with Crippen LogP contribution in [-0.4, -0.2) is 16.3 Å². The Labute approximate surface area is 174 Å². The number of aromatic hydroxyl groups is 2. The van der Waals surface area contributed by atoms with Crippen LogP contribution in [0.3, 0.4) is 0 Å². The molecule has 1 saturated carbocycles. The van der Waals surface area contributed by atoms with Crippen molar-refractivity contribution in [3.05, 3.63) is 47.5 Å². The molecule has 2 N–H and O–H groups in total. The number of phenolic OH excluding ortho intramolecular Hbond substituents is 2. The lowest BCUT2D eigenvalue weighted by molar-refractivity contribution is 0.0513. The summed E-state index contributed by atoms with van der Waals surface area (Å²) in [5.41, 5.74) is 0.894. The van der Waals surface area contributed by atoms with E-state index in [2.05, 4.69) is 20.8 Å². The minimum absolute atomic E-state index is 0.0208. The van der Waals surface area contributed by atoms with Crippen molar-refractivity contribution >= 4 is 18.0 Å². The molecule has 4 atom stereocenters. The second-order valence-corrected chi connectivity index (χ2v) is 11.2. The van der Waals surface area contributed by atoms with Crippen LogP contribution in [0.1, 0.15) is 51.2 Å². The molecule has 1 fully saturated rings. The van der Waals surface area contributed by atoms with Crippen LogP contribution in [0.4, 0.5) is 0 Å². The summed E-state index contributed by atoms with van der Waals surface area (Å²) in [4.78, 5) is 0. The summed E-state index contributed by atoms with van der Waals surface area (Å²) in [7, 11) is -3.64. The highest BCUT2D eigenvalue weighted by molar-refractivity contribution is 7.74. The van der Waals surface area contributed by atoms with Gasteiger partial charge in [-0.2, -0.15) is 0 Å². The van der Waals surface area contributed by atoms with Gasteiger partial charge in [0.2, 0.25) is 0 Å².